The summed E-state index contributed by atoms with van der Waals surface area (Å²) in [7, 11) is 1.59. The Morgan fingerprint density at radius 3 is 2.79 bits per heavy atom. The number of halogens is 1. The smallest absolute Gasteiger partial charge is 0.234 e. The van der Waals surface area contributed by atoms with Crippen molar-refractivity contribution in [3.8, 4) is 23.1 Å². The van der Waals surface area contributed by atoms with Crippen LogP contribution >= 0.6 is 11.8 Å². The summed E-state index contributed by atoms with van der Waals surface area (Å²) in [5.41, 5.74) is 2.28. The van der Waals surface area contributed by atoms with E-state index in [4.69, 9.17) is 4.74 Å². The number of hydrogen-bond donors (Lipinski definition) is 1. The number of hydrogen-bond acceptors (Lipinski definition) is 5. The molecule has 0 unspecified atom stereocenters. The van der Waals surface area contributed by atoms with E-state index in [-0.39, 0.29) is 11.7 Å². The molecule has 0 fully saturated rings. The second-order valence-corrected chi connectivity index (χ2v) is 6.70. The van der Waals surface area contributed by atoms with Gasteiger partial charge in [0.2, 0.25) is 5.91 Å². The molecule has 1 N–H and O–H groups in total. The maximum absolute atomic E-state index is 13.2. The highest BCUT2D eigenvalue weighted by Gasteiger charge is 2.11. The first kappa shape index (κ1) is 19.4. The number of benzene rings is 2. The van der Waals surface area contributed by atoms with Crippen molar-refractivity contribution in [2.75, 3.05) is 18.2 Å². The zero-order valence-corrected chi connectivity index (χ0v) is 15.8. The second-order valence-electron chi connectivity index (χ2n) is 5.74. The number of carbonyl (C=O) groups excluding carboxylic acids is 1. The summed E-state index contributed by atoms with van der Waals surface area (Å²) in [4.78, 5) is 16.7. The third-order valence-corrected chi connectivity index (χ3v) is 4.79. The molecule has 140 valence electrons. The van der Waals surface area contributed by atoms with Crippen LogP contribution in [-0.4, -0.2) is 23.8 Å². The number of ether oxygens (including phenoxy) is 1. The molecule has 1 heterocycles. The summed E-state index contributed by atoms with van der Waals surface area (Å²) < 4.78 is 18.4. The van der Waals surface area contributed by atoms with Gasteiger partial charge in [0.1, 0.15) is 22.7 Å². The average Bonchev–Trinajstić information content (AvgIpc) is 2.72. The van der Waals surface area contributed by atoms with Crippen LogP contribution < -0.4 is 10.1 Å². The minimum atomic E-state index is -0.426. The minimum absolute atomic E-state index is 0.0414. The number of thioether (sulfide) groups is 1. The molecular formula is C21H16FN3O2S. The number of aromatic nitrogens is 1. The zero-order valence-electron chi connectivity index (χ0n) is 15.0. The molecule has 5 nitrogen and oxygen atoms in total. The second kappa shape index (κ2) is 9.02. The fourth-order valence-corrected chi connectivity index (χ4v) is 3.25. The third kappa shape index (κ3) is 4.87. The van der Waals surface area contributed by atoms with E-state index in [1.165, 1.54) is 18.2 Å². The van der Waals surface area contributed by atoms with Crippen molar-refractivity contribution >= 4 is 23.4 Å². The molecule has 0 saturated carbocycles. The van der Waals surface area contributed by atoms with Gasteiger partial charge in [-0.3, -0.25) is 4.79 Å². The van der Waals surface area contributed by atoms with Crippen LogP contribution in [0.1, 0.15) is 5.56 Å². The highest BCUT2D eigenvalue weighted by molar-refractivity contribution is 8.00. The predicted octanol–water partition coefficient (Wildman–Crippen LogP) is 4.50. The Labute approximate surface area is 166 Å². The van der Waals surface area contributed by atoms with E-state index in [1.54, 1.807) is 25.3 Å². The molecule has 0 aliphatic rings. The predicted molar refractivity (Wildman–Crippen MR) is 107 cm³/mol. The Balaban J connectivity index is 1.75. The van der Waals surface area contributed by atoms with Gasteiger partial charge in [0.05, 0.1) is 24.1 Å². The first-order chi connectivity index (χ1) is 13.6. The summed E-state index contributed by atoms with van der Waals surface area (Å²) in [6.07, 6.45) is 0. The molecule has 0 radical (unpaired) electrons. The molecule has 3 rings (SSSR count). The maximum atomic E-state index is 13.2. The van der Waals surface area contributed by atoms with Gasteiger partial charge in [-0.2, -0.15) is 5.26 Å². The van der Waals surface area contributed by atoms with Crippen LogP contribution in [0.2, 0.25) is 0 Å². The molecule has 2 aromatic carbocycles. The van der Waals surface area contributed by atoms with Gasteiger partial charge < -0.3 is 10.1 Å². The van der Waals surface area contributed by atoms with Gasteiger partial charge in [0.15, 0.2) is 0 Å². The molecule has 0 aliphatic heterocycles. The van der Waals surface area contributed by atoms with Crippen molar-refractivity contribution in [3.05, 3.63) is 72.0 Å². The van der Waals surface area contributed by atoms with Gasteiger partial charge in [-0.05, 0) is 42.5 Å². The van der Waals surface area contributed by atoms with E-state index in [9.17, 15) is 14.4 Å². The molecule has 3 aromatic rings. The molecule has 0 saturated heterocycles. The van der Waals surface area contributed by atoms with Gasteiger partial charge in [0.25, 0.3) is 0 Å². The molecule has 0 spiro atoms. The monoisotopic (exact) mass is 393 g/mol. The van der Waals surface area contributed by atoms with Crippen LogP contribution in [0.25, 0.3) is 11.3 Å². The highest BCUT2D eigenvalue weighted by atomic mass is 32.2. The van der Waals surface area contributed by atoms with Crippen LogP contribution in [-0.2, 0) is 4.79 Å². The maximum Gasteiger partial charge on any atom is 0.234 e. The van der Waals surface area contributed by atoms with Crippen LogP contribution in [0.15, 0.2) is 65.7 Å². The summed E-state index contributed by atoms with van der Waals surface area (Å²) in [5, 5.41) is 12.4. The Kier molecular flexibility index (Phi) is 6.25. The van der Waals surface area contributed by atoms with Gasteiger partial charge in [-0.25, -0.2) is 9.37 Å². The number of nitrogens with zero attached hydrogens (tertiary/aromatic N) is 2. The first-order valence-electron chi connectivity index (χ1n) is 8.33. The van der Waals surface area contributed by atoms with E-state index in [1.807, 2.05) is 24.3 Å². The number of amides is 1. The lowest BCUT2D eigenvalue weighted by atomic mass is 10.1. The van der Waals surface area contributed by atoms with Gasteiger partial charge in [-0.1, -0.05) is 30.0 Å². The summed E-state index contributed by atoms with van der Waals surface area (Å²) in [6, 6.07) is 18.6. The van der Waals surface area contributed by atoms with Crippen LogP contribution in [0, 0.1) is 17.1 Å². The molecule has 28 heavy (non-hydrogen) atoms. The lowest BCUT2D eigenvalue weighted by molar-refractivity contribution is -0.113. The molecule has 1 aromatic heterocycles. The van der Waals surface area contributed by atoms with Crippen molar-refractivity contribution < 1.29 is 13.9 Å². The summed E-state index contributed by atoms with van der Waals surface area (Å²) >= 11 is 1.15. The molecule has 1 amide bonds. The SMILES string of the molecule is COc1cccc(-c2ccc(C#N)c(SCC(=O)Nc3cccc(F)c3)n2)c1. The number of nitriles is 1. The van der Waals surface area contributed by atoms with Gasteiger partial charge in [0, 0.05) is 11.3 Å². The minimum Gasteiger partial charge on any atom is -0.497 e. The molecular weight excluding hydrogens is 377 g/mol. The van der Waals surface area contributed by atoms with Crippen LogP contribution in [0.3, 0.4) is 0 Å². The van der Waals surface area contributed by atoms with Crippen molar-refractivity contribution in [3.63, 3.8) is 0 Å². The third-order valence-electron chi connectivity index (χ3n) is 3.79. The molecule has 7 heteroatoms. The van der Waals surface area contributed by atoms with E-state index < -0.39 is 5.82 Å². The summed E-state index contributed by atoms with van der Waals surface area (Å²) in [6.45, 7) is 0. The Bertz CT molecular complexity index is 1050. The van der Waals surface area contributed by atoms with Crippen LogP contribution in [0.4, 0.5) is 10.1 Å². The Morgan fingerprint density at radius 2 is 2.04 bits per heavy atom. The highest BCUT2D eigenvalue weighted by Crippen LogP contribution is 2.27. The van der Waals surface area contributed by atoms with Gasteiger partial charge in [-0.15, -0.1) is 0 Å². The normalized spacial score (nSPS) is 10.2. The largest absolute Gasteiger partial charge is 0.497 e. The molecule has 0 aliphatic carbocycles. The topological polar surface area (TPSA) is 75.0 Å². The Morgan fingerprint density at radius 1 is 1.21 bits per heavy atom. The standard InChI is InChI=1S/C21H16FN3O2S/c1-27-18-7-2-4-14(10-18)19-9-8-15(12-23)21(25-19)28-13-20(26)24-17-6-3-5-16(22)11-17/h2-11H,13H2,1H3,(H,24,26). The Hall–Kier alpha value is -3.37. The fraction of sp³-hybridized carbons (Fsp3) is 0.0952. The van der Waals surface area contributed by atoms with Crippen LogP contribution in [0.5, 0.6) is 5.75 Å². The molecule has 0 atom stereocenters. The van der Waals surface area contributed by atoms with Crippen molar-refractivity contribution in [1.29, 1.82) is 5.26 Å². The quantitative estimate of drug-likeness (QED) is 0.624. The number of rotatable bonds is 6. The lowest BCUT2D eigenvalue weighted by Gasteiger charge is -2.08. The van der Waals surface area contributed by atoms with E-state index >= 15 is 0 Å². The van der Waals surface area contributed by atoms with Crippen molar-refractivity contribution in [1.82, 2.24) is 4.98 Å². The van der Waals surface area contributed by atoms with E-state index in [0.29, 0.717) is 27.7 Å². The fourth-order valence-electron chi connectivity index (χ4n) is 2.48. The van der Waals surface area contributed by atoms with E-state index in [2.05, 4.69) is 16.4 Å². The first-order valence-corrected chi connectivity index (χ1v) is 9.31. The number of nitrogens with one attached hydrogen (secondary N) is 1. The van der Waals surface area contributed by atoms with E-state index in [0.717, 1.165) is 17.3 Å². The average molecular weight is 393 g/mol. The number of methoxy groups -OCH3 is 1. The van der Waals surface area contributed by atoms with Gasteiger partial charge >= 0.3 is 0 Å². The molecule has 0 bridgehead atoms. The number of carbonyl (C=O) groups is 1. The number of anilines is 1. The van der Waals surface area contributed by atoms with Crippen molar-refractivity contribution in [2.45, 2.75) is 5.03 Å². The summed E-state index contributed by atoms with van der Waals surface area (Å²) in [5.74, 6) is 0.00465. The lowest BCUT2D eigenvalue weighted by Crippen LogP contribution is -2.14. The zero-order chi connectivity index (χ0) is 19.9. The van der Waals surface area contributed by atoms with Crippen molar-refractivity contribution in [2.24, 2.45) is 0 Å². The number of pyridine rings is 1.